The van der Waals surface area contributed by atoms with Crippen LogP contribution in [0.5, 0.6) is 0 Å². The monoisotopic (exact) mass is 669 g/mol. The molecule has 0 aromatic rings. The zero-order chi connectivity index (χ0) is 34.2. The number of unbranched alkanes of at least 4 members (excludes halogenated alkanes) is 11. The Morgan fingerprint density at radius 3 is 1.70 bits per heavy atom. The highest BCUT2D eigenvalue weighted by Gasteiger charge is 2.19. The molecular weight excluding hydrogens is 601 g/mol. The van der Waals surface area contributed by atoms with E-state index in [9.17, 15) is 14.3 Å². The van der Waals surface area contributed by atoms with Gasteiger partial charge in [-0.2, -0.15) is 0 Å². The maximum atomic E-state index is 12.1. The van der Waals surface area contributed by atoms with Crippen molar-refractivity contribution in [3.8, 4) is 0 Å². The summed E-state index contributed by atoms with van der Waals surface area (Å²) in [6.45, 7) is 4.69. The molecule has 0 aliphatic rings. The van der Waals surface area contributed by atoms with Crippen LogP contribution in [0.4, 0.5) is 0 Å². The van der Waals surface area contributed by atoms with Gasteiger partial charge in [-0.1, -0.05) is 120 Å². The maximum absolute atomic E-state index is 12.1. The van der Waals surface area contributed by atoms with Crippen LogP contribution in [0.3, 0.4) is 0 Å². The largest absolute Gasteiger partial charge is 0.756 e. The van der Waals surface area contributed by atoms with E-state index in [2.05, 4.69) is 55.5 Å². The second kappa shape index (κ2) is 30.8. The topological polar surface area (TPSA) is 94.1 Å². The molecule has 0 saturated carbocycles. The van der Waals surface area contributed by atoms with Gasteiger partial charge in [-0.25, -0.2) is 0 Å². The van der Waals surface area contributed by atoms with Crippen LogP contribution in [0.15, 0.2) is 48.6 Å². The van der Waals surface area contributed by atoms with E-state index >= 15 is 0 Å². The smallest absolute Gasteiger partial charge is 0.305 e. The zero-order valence-corrected chi connectivity index (χ0v) is 30.9. The first kappa shape index (κ1) is 44.5. The normalized spacial score (nSPS) is 14.7. The first-order chi connectivity index (χ1) is 22.1. The molecule has 0 aliphatic carbocycles. The molecule has 8 nitrogen and oxygen atoms in total. The predicted octanol–water partition coefficient (Wildman–Crippen LogP) is 9.02. The Kier molecular flexibility index (Phi) is 29.7. The van der Waals surface area contributed by atoms with Crippen LogP contribution in [0, 0.1) is 0 Å². The van der Waals surface area contributed by atoms with Crippen molar-refractivity contribution in [3.63, 3.8) is 0 Å². The Morgan fingerprint density at radius 1 is 0.674 bits per heavy atom. The van der Waals surface area contributed by atoms with Gasteiger partial charge in [-0.3, -0.25) is 9.36 Å². The Balaban J connectivity index is 3.72. The molecule has 0 heterocycles. The van der Waals surface area contributed by atoms with Crippen LogP contribution >= 0.6 is 7.82 Å². The van der Waals surface area contributed by atoms with Gasteiger partial charge in [0.05, 0.1) is 34.4 Å². The molecule has 46 heavy (non-hydrogen) atoms. The molecule has 0 aliphatic heterocycles. The second-order valence-corrected chi connectivity index (χ2v) is 14.2. The van der Waals surface area contributed by atoms with Crippen molar-refractivity contribution in [1.29, 1.82) is 0 Å². The van der Waals surface area contributed by atoms with Crippen molar-refractivity contribution >= 4 is 13.8 Å². The molecule has 0 N–H and O–H groups in total. The number of likely N-dealkylation sites (N-methyl/N-ethyl adjacent to an activating group) is 1. The lowest BCUT2D eigenvalue weighted by Crippen LogP contribution is -2.37. The molecule has 0 spiro atoms. The van der Waals surface area contributed by atoms with Gasteiger partial charge in [0.1, 0.15) is 19.3 Å². The number of allylic oxidation sites excluding steroid dienone is 8. The second-order valence-electron chi connectivity index (χ2n) is 12.8. The minimum Gasteiger partial charge on any atom is -0.756 e. The van der Waals surface area contributed by atoms with E-state index in [1.54, 1.807) is 6.92 Å². The van der Waals surface area contributed by atoms with Gasteiger partial charge in [0.25, 0.3) is 7.82 Å². The Labute approximate surface area is 282 Å². The fraction of sp³-hybridized carbons (Fsp3) is 0.757. The van der Waals surface area contributed by atoms with Crippen LogP contribution in [0.2, 0.25) is 0 Å². The van der Waals surface area contributed by atoms with Crippen molar-refractivity contribution in [2.75, 3.05) is 54.1 Å². The molecule has 0 amide bonds. The fourth-order valence-corrected chi connectivity index (χ4v) is 5.12. The summed E-state index contributed by atoms with van der Waals surface area (Å²) < 4.78 is 33.5. The van der Waals surface area contributed by atoms with Gasteiger partial charge in [0.15, 0.2) is 0 Å². The number of hydrogen-bond donors (Lipinski definition) is 0. The van der Waals surface area contributed by atoms with E-state index in [-0.39, 0.29) is 26.2 Å². The molecule has 2 unspecified atom stereocenters. The quantitative estimate of drug-likeness (QED) is 0.0232. The Bertz CT molecular complexity index is 879. The van der Waals surface area contributed by atoms with Crippen molar-refractivity contribution in [2.24, 2.45) is 0 Å². The lowest BCUT2D eigenvalue weighted by molar-refractivity contribution is -0.870. The average Bonchev–Trinajstić information content (AvgIpc) is 3.00. The number of phosphoric acid groups is 1. The SMILES string of the molecule is CC/C=C\C/C=C\C/C=C\C/C=C\CCCCCCCCCCCCCOCC(COP(=O)([O-])OCC[N+](C)(C)C)OC(=O)CC. The highest BCUT2D eigenvalue weighted by Crippen LogP contribution is 2.38. The van der Waals surface area contributed by atoms with Crippen LogP contribution in [0.25, 0.3) is 0 Å². The highest BCUT2D eigenvalue weighted by molar-refractivity contribution is 7.45. The Hall–Kier alpha value is -1.54. The van der Waals surface area contributed by atoms with E-state index in [0.29, 0.717) is 17.6 Å². The molecule has 0 aromatic heterocycles. The van der Waals surface area contributed by atoms with Crippen molar-refractivity contribution < 1.29 is 37.3 Å². The van der Waals surface area contributed by atoms with E-state index in [4.69, 9.17) is 18.5 Å². The van der Waals surface area contributed by atoms with Gasteiger partial charge in [-0.15, -0.1) is 0 Å². The van der Waals surface area contributed by atoms with E-state index in [1.807, 2.05) is 21.1 Å². The molecule has 0 radical (unpaired) electrons. The van der Waals surface area contributed by atoms with Crippen LogP contribution in [-0.2, 0) is 27.9 Å². The van der Waals surface area contributed by atoms with E-state index in [1.165, 1.54) is 64.2 Å². The summed E-state index contributed by atoms with van der Waals surface area (Å²) in [4.78, 5) is 23.8. The third-order valence-electron chi connectivity index (χ3n) is 7.20. The fourth-order valence-electron chi connectivity index (χ4n) is 4.39. The summed E-state index contributed by atoms with van der Waals surface area (Å²) in [5, 5.41) is 0. The lowest BCUT2D eigenvalue weighted by atomic mass is 10.1. The molecule has 0 fully saturated rings. The molecule has 0 aromatic carbocycles. The van der Waals surface area contributed by atoms with Crippen molar-refractivity contribution in [1.82, 2.24) is 0 Å². The van der Waals surface area contributed by atoms with Crippen molar-refractivity contribution in [3.05, 3.63) is 48.6 Å². The Morgan fingerprint density at radius 2 is 1.17 bits per heavy atom. The third kappa shape index (κ3) is 33.8. The van der Waals surface area contributed by atoms with Gasteiger partial charge < -0.3 is 27.9 Å². The van der Waals surface area contributed by atoms with E-state index < -0.39 is 19.9 Å². The molecule has 268 valence electrons. The molecule has 9 heteroatoms. The van der Waals surface area contributed by atoms with Crippen LogP contribution in [0.1, 0.15) is 123 Å². The molecular formula is C37H68NO7P. The highest BCUT2D eigenvalue weighted by atomic mass is 31.2. The van der Waals surface area contributed by atoms with Crippen molar-refractivity contribution in [2.45, 2.75) is 129 Å². The zero-order valence-electron chi connectivity index (χ0n) is 30.0. The molecule has 0 saturated heterocycles. The van der Waals surface area contributed by atoms with Crippen LogP contribution < -0.4 is 4.89 Å². The minimum atomic E-state index is -4.48. The minimum absolute atomic E-state index is 0.0218. The summed E-state index contributed by atoms with van der Waals surface area (Å²) >= 11 is 0. The number of phosphoric ester groups is 1. The van der Waals surface area contributed by atoms with Crippen LogP contribution in [-0.4, -0.2) is 70.7 Å². The number of quaternary nitrogens is 1. The van der Waals surface area contributed by atoms with E-state index in [0.717, 1.165) is 38.5 Å². The number of carbonyl (C=O) groups is 1. The lowest BCUT2D eigenvalue weighted by Gasteiger charge is -2.28. The summed E-state index contributed by atoms with van der Waals surface area (Å²) in [5.41, 5.74) is 0. The first-order valence-electron chi connectivity index (χ1n) is 17.9. The molecule has 0 rings (SSSR count). The summed E-state index contributed by atoms with van der Waals surface area (Å²) in [5.74, 6) is -0.425. The summed E-state index contributed by atoms with van der Waals surface area (Å²) in [6, 6.07) is 0. The summed E-state index contributed by atoms with van der Waals surface area (Å²) in [7, 11) is 1.34. The first-order valence-corrected chi connectivity index (χ1v) is 19.3. The number of carbonyl (C=O) groups excluding carboxylic acids is 1. The number of nitrogens with zero attached hydrogens (tertiary/aromatic N) is 1. The average molecular weight is 670 g/mol. The van der Waals surface area contributed by atoms with Gasteiger partial charge in [0, 0.05) is 13.0 Å². The number of esters is 1. The third-order valence-corrected chi connectivity index (χ3v) is 8.16. The van der Waals surface area contributed by atoms with Gasteiger partial charge >= 0.3 is 5.97 Å². The number of rotatable bonds is 32. The van der Waals surface area contributed by atoms with Gasteiger partial charge in [-0.05, 0) is 44.9 Å². The van der Waals surface area contributed by atoms with Gasteiger partial charge in [0.2, 0.25) is 0 Å². The molecule has 2 atom stereocenters. The molecule has 0 bridgehead atoms. The maximum Gasteiger partial charge on any atom is 0.305 e. The number of ether oxygens (including phenoxy) is 2. The predicted molar refractivity (Wildman–Crippen MR) is 190 cm³/mol. The standard InChI is InChI=1S/C37H68NO7P/c1-6-8-9-10-11-12-13-14-15-16-17-18-19-20-21-22-23-24-25-26-27-28-29-30-32-42-34-36(45-37(39)7-2)35-44-46(40,41)43-33-31-38(3,4)5/h8-9,11-12,14-15,17-18,36H,6-7,10,13,16,19-35H2,1-5H3/b9-8-,12-11-,15-14-,18-17-. The summed E-state index contributed by atoms with van der Waals surface area (Å²) in [6.07, 6.45) is 36.4. The number of hydrogen-bond acceptors (Lipinski definition) is 7.